The quantitative estimate of drug-likeness (QED) is 0.901. The molecule has 5 nitrogen and oxygen atoms in total. The van der Waals surface area contributed by atoms with Gasteiger partial charge in [0.25, 0.3) is 0 Å². The van der Waals surface area contributed by atoms with Crippen molar-refractivity contribution in [3.8, 4) is 0 Å². The van der Waals surface area contributed by atoms with Gasteiger partial charge in [0.15, 0.2) is 0 Å². The first-order chi connectivity index (χ1) is 11.7. The van der Waals surface area contributed by atoms with Crippen molar-refractivity contribution in [3.05, 3.63) is 18.2 Å². The molecule has 1 amide bonds. The maximum atomic E-state index is 13.0. The van der Waals surface area contributed by atoms with Crippen LogP contribution in [-0.2, 0) is 11.8 Å². The van der Waals surface area contributed by atoms with Crippen LogP contribution in [0.3, 0.4) is 0 Å². The van der Waals surface area contributed by atoms with Crippen LogP contribution in [0.15, 0.2) is 12.5 Å². The number of nitrogens with zero attached hydrogens (tertiary/aromatic N) is 3. The molecular weight excluding hydrogens is 300 g/mol. The van der Waals surface area contributed by atoms with Gasteiger partial charge < -0.3 is 14.8 Å². The van der Waals surface area contributed by atoms with Gasteiger partial charge in [-0.3, -0.25) is 4.79 Å². The van der Waals surface area contributed by atoms with E-state index in [1.165, 1.54) is 25.0 Å². The predicted octanol–water partition coefficient (Wildman–Crippen LogP) is 2.54. The zero-order valence-electron chi connectivity index (χ0n) is 15.2. The highest BCUT2D eigenvalue weighted by molar-refractivity contribution is 5.79. The monoisotopic (exact) mass is 332 g/mol. The molecule has 1 aliphatic carbocycles. The molecule has 1 unspecified atom stereocenters. The van der Waals surface area contributed by atoms with E-state index < -0.39 is 0 Å². The number of piperidine rings is 1. The van der Waals surface area contributed by atoms with Crippen molar-refractivity contribution in [2.45, 2.75) is 51.4 Å². The standard InChI is InChI=1S/C19H32N4O/c1-3-20-11-15-6-8-16(9-7-15)19(24)23-10-4-5-17(13-23)18-12-21-14-22(18)2/h12,14-17,20H,3-11,13H2,1-2H3. The third kappa shape index (κ3) is 4.00. The molecule has 1 aliphatic heterocycles. The third-order valence-electron chi connectivity index (χ3n) is 5.88. The number of hydrogen-bond acceptors (Lipinski definition) is 3. The van der Waals surface area contributed by atoms with Crippen LogP contribution in [0, 0.1) is 11.8 Å². The predicted molar refractivity (Wildman–Crippen MR) is 95.8 cm³/mol. The van der Waals surface area contributed by atoms with Crippen molar-refractivity contribution in [3.63, 3.8) is 0 Å². The molecule has 0 radical (unpaired) electrons. The molecule has 1 atom stereocenters. The second kappa shape index (κ2) is 8.15. The molecule has 2 fully saturated rings. The summed E-state index contributed by atoms with van der Waals surface area (Å²) in [6.07, 6.45) is 10.6. The molecule has 1 saturated heterocycles. The molecule has 1 aromatic rings. The molecule has 2 heterocycles. The van der Waals surface area contributed by atoms with E-state index in [4.69, 9.17) is 0 Å². The number of likely N-dealkylation sites (tertiary alicyclic amines) is 1. The smallest absolute Gasteiger partial charge is 0.225 e. The van der Waals surface area contributed by atoms with Gasteiger partial charge in [-0.1, -0.05) is 6.92 Å². The number of imidazole rings is 1. The molecule has 1 saturated carbocycles. The average Bonchev–Trinajstić information content (AvgIpc) is 3.06. The normalized spacial score (nSPS) is 28.1. The fraction of sp³-hybridized carbons (Fsp3) is 0.789. The van der Waals surface area contributed by atoms with Crippen molar-refractivity contribution in [2.24, 2.45) is 18.9 Å². The topological polar surface area (TPSA) is 50.2 Å². The molecule has 1 aromatic heterocycles. The highest BCUT2D eigenvalue weighted by Gasteiger charge is 2.32. The van der Waals surface area contributed by atoms with E-state index >= 15 is 0 Å². The highest BCUT2D eigenvalue weighted by Crippen LogP contribution is 2.32. The lowest BCUT2D eigenvalue weighted by molar-refractivity contribution is -0.138. The number of hydrogen-bond donors (Lipinski definition) is 1. The third-order valence-corrected chi connectivity index (χ3v) is 5.88. The molecule has 0 aromatic carbocycles. The van der Waals surface area contributed by atoms with E-state index in [9.17, 15) is 4.79 Å². The Morgan fingerprint density at radius 2 is 2.08 bits per heavy atom. The van der Waals surface area contributed by atoms with E-state index in [-0.39, 0.29) is 5.92 Å². The van der Waals surface area contributed by atoms with Crippen molar-refractivity contribution in [1.29, 1.82) is 0 Å². The van der Waals surface area contributed by atoms with E-state index in [0.29, 0.717) is 11.8 Å². The van der Waals surface area contributed by atoms with Crippen molar-refractivity contribution >= 4 is 5.91 Å². The van der Waals surface area contributed by atoms with E-state index in [2.05, 4.69) is 33.7 Å². The SMILES string of the molecule is CCNCC1CCC(C(=O)N2CCCC(c3cncn3C)C2)CC1. The van der Waals surface area contributed by atoms with Crippen LogP contribution in [0.4, 0.5) is 0 Å². The summed E-state index contributed by atoms with van der Waals surface area (Å²) in [6, 6.07) is 0. The van der Waals surface area contributed by atoms with E-state index in [1.807, 2.05) is 12.5 Å². The van der Waals surface area contributed by atoms with E-state index in [0.717, 1.165) is 51.4 Å². The molecule has 134 valence electrons. The molecular formula is C19H32N4O. The van der Waals surface area contributed by atoms with Gasteiger partial charge in [-0.25, -0.2) is 4.98 Å². The Hall–Kier alpha value is -1.36. The van der Waals surface area contributed by atoms with Crippen LogP contribution in [-0.4, -0.2) is 46.5 Å². The second-order valence-corrected chi connectivity index (χ2v) is 7.58. The number of rotatable bonds is 5. The van der Waals surface area contributed by atoms with Gasteiger partial charge in [-0.2, -0.15) is 0 Å². The minimum Gasteiger partial charge on any atom is -0.342 e. The first-order valence-corrected chi connectivity index (χ1v) is 9.64. The summed E-state index contributed by atoms with van der Waals surface area (Å²) in [6.45, 7) is 6.12. The maximum Gasteiger partial charge on any atom is 0.225 e. The van der Waals surface area contributed by atoms with Crippen molar-refractivity contribution in [1.82, 2.24) is 19.8 Å². The number of aromatic nitrogens is 2. The average molecular weight is 332 g/mol. The van der Waals surface area contributed by atoms with Crippen LogP contribution in [0.25, 0.3) is 0 Å². The Morgan fingerprint density at radius 1 is 1.29 bits per heavy atom. The minimum absolute atomic E-state index is 0.258. The van der Waals surface area contributed by atoms with Gasteiger partial charge in [0.05, 0.1) is 6.33 Å². The van der Waals surface area contributed by atoms with Crippen LogP contribution in [0.5, 0.6) is 0 Å². The summed E-state index contributed by atoms with van der Waals surface area (Å²) >= 11 is 0. The van der Waals surface area contributed by atoms with Crippen molar-refractivity contribution in [2.75, 3.05) is 26.2 Å². The van der Waals surface area contributed by atoms with E-state index in [1.54, 1.807) is 0 Å². The fourth-order valence-corrected chi connectivity index (χ4v) is 4.40. The van der Waals surface area contributed by atoms with Gasteiger partial charge in [0, 0.05) is 43.9 Å². The summed E-state index contributed by atoms with van der Waals surface area (Å²) in [7, 11) is 2.05. The van der Waals surface area contributed by atoms with Gasteiger partial charge in [-0.15, -0.1) is 0 Å². The molecule has 2 aliphatic rings. The lowest BCUT2D eigenvalue weighted by Crippen LogP contribution is -2.43. The number of carbonyl (C=O) groups excluding carboxylic acids is 1. The largest absolute Gasteiger partial charge is 0.342 e. The Morgan fingerprint density at radius 3 is 2.75 bits per heavy atom. The van der Waals surface area contributed by atoms with Crippen LogP contribution >= 0.6 is 0 Å². The van der Waals surface area contributed by atoms with Gasteiger partial charge in [0.1, 0.15) is 0 Å². The van der Waals surface area contributed by atoms with Crippen LogP contribution in [0.2, 0.25) is 0 Å². The summed E-state index contributed by atoms with van der Waals surface area (Å²) in [4.78, 5) is 19.3. The summed E-state index contributed by atoms with van der Waals surface area (Å²) in [5, 5.41) is 3.45. The number of nitrogens with one attached hydrogen (secondary N) is 1. The zero-order chi connectivity index (χ0) is 16.9. The first-order valence-electron chi connectivity index (χ1n) is 9.64. The Bertz CT molecular complexity index is 533. The van der Waals surface area contributed by atoms with Crippen molar-refractivity contribution < 1.29 is 4.79 Å². The second-order valence-electron chi connectivity index (χ2n) is 7.58. The first kappa shape index (κ1) is 17.5. The zero-order valence-corrected chi connectivity index (χ0v) is 15.2. The number of amides is 1. The molecule has 0 bridgehead atoms. The minimum atomic E-state index is 0.258. The van der Waals surface area contributed by atoms with Gasteiger partial charge >= 0.3 is 0 Å². The Balaban J connectivity index is 1.53. The molecule has 3 rings (SSSR count). The van der Waals surface area contributed by atoms with Crippen LogP contribution < -0.4 is 5.32 Å². The Labute approximate surface area is 145 Å². The molecule has 5 heteroatoms. The molecule has 0 spiro atoms. The maximum absolute atomic E-state index is 13.0. The number of aryl methyl sites for hydroxylation is 1. The van der Waals surface area contributed by atoms with Crippen LogP contribution in [0.1, 0.15) is 57.1 Å². The summed E-state index contributed by atoms with van der Waals surface area (Å²) in [5.41, 5.74) is 1.27. The molecule has 1 N–H and O–H groups in total. The fourth-order valence-electron chi connectivity index (χ4n) is 4.40. The summed E-state index contributed by atoms with van der Waals surface area (Å²) < 4.78 is 2.10. The van der Waals surface area contributed by atoms with Gasteiger partial charge in [-0.05, 0) is 57.5 Å². The Kier molecular flexibility index (Phi) is 5.93. The lowest BCUT2D eigenvalue weighted by Gasteiger charge is -2.37. The van der Waals surface area contributed by atoms with Gasteiger partial charge in [0.2, 0.25) is 5.91 Å². The highest BCUT2D eigenvalue weighted by atomic mass is 16.2. The molecule has 24 heavy (non-hydrogen) atoms. The number of carbonyl (C=O) groups is 1. The summed E-state index contributed by atoms with van der Waals surface area (Å²) in [5.74, 6) is 1.87. The lowest BCUT2D eigenvalue weighted by atomic mass is 9.81.